The molecular weight excluding hydrogens is 247 g/mol. The molecule has 5 nitrogen and oxygen atoms in total. The maximum atomic E-state index is 13.6. The van der Waals surface area contributed by atoms with E-state index in [1.54, 1.807) is 7.05 Å². The van der Waals surface area contributed by atoms with E-state index in [1.165, 1.54) is 24.5 Å². The number of rotatable bonds is 2. The molecule has 0 amide bonds. The highest BCUT2D eigenvalue weighted by Gasteiger charge is 2.11. The van der Waals surface area contributed by atoms with Gasteiger partial charge in [-0.2, -0.15) is 4.98 Å². The van der Waals surface area contributed by atoms with Crippen LogP contribution in [0.2, 0.25) is 5.02 Å². The Kier molecular flexibility index (Phi) is 3.06. The number of benzene rings is 1. The molecule has 1 heterocycles. The minimum absolute atomic E-state index is 0.0539. The molecule has 0 saturated heterocycles. The van der Waals surface area contributed by atoms with Crippen molar-refractivity contribution in [3.63, 3.8) is 0 Å². The van der Waals surface area contributed by atoms with Gasteiger partial charge >= 0.3 is 5.69 Å². The van der Waals surface area contributed by atoms with Crippen molar-refractivity contribution in [2.45, 2.75) is 0 Å². The summed E-state index contributed by atoms with van der Waals surface area (Å²) < 4.78 is 14.5. The van der Waals surface area contributed by atoms with Crippen LogP contribution in [0.25, 0.3) is 5.69 Å². The molecule has 2 rings (SSSR count). The Morgan fingerprint density at radius 1 is 1.47 bits per heavy atom. The zero-order valence-electron chi connectivity index (χ0n) is 8.82. The summed E-state index contributed by atoms with van der Waals surface area (Å²) in [5.41, 5.74) is -0.710. The molecule has 1 aromatic heterocycles. The topological polar surface area (TPSA) is 59.8 Å². The van der Waals surface area contributed by atoms with Gasteiger partial charge in [0.25, 0.3) is 0 Å². The second-order valence-electron chi connectivity index (χ2n) is 3.15. The predicted molar refractivity (Wildman–Crippen MR) is 62.1 cm³/mol. The molecule has 0 spiro atoms. The maximum Gasteiger partial charge on any atom is 0.356 e. The molecule has 17 heavy (non-hydrogen) atoms. The average Bonchev–Trinajstić information content (AvgIpc) is 2.30. The quantitative estimate of drug-likeness (QED) is 0.882. The van der Waals surface area contributed by atoms with E-state index in [9.17, 15) is 9.18 Å². The molecule has 0 aliphatic carbocycles. The van der Waals surface area contributed by atoms with Gasteiger partial charge in [0.2, 0.25) is 5.95 Å². The van der Waals surface area contributed by atoms with Crippen LogP contribution in [0.5, 0.6) is 0 Å². The van der Waals surface area contributed by atoms with Crippen molar-refractivity contribution in [3.8, 4) is 5.69 Å². The van der Waals surface area contributed by atoms with Crippen LogP contribution in [0, 0.1) is 5.82 Å². The molecule has 0 fully saturated rings. The second-order valence-corrected chi connectivity index (χ2v) is 3.56. The summed E-state index contributed by atoms with van der Waals surface area (Å²) in [7, 11) is 1.58. The fraction of sp³-hybridized carbons (Fsp3) is 0.100. The Bertz CT molecular complexity index is 593. The summed E-state index contributed by atoms with van der Waals surface area (Å²) in [6, 6.07) is 4.15. The van der Waals surface area contributed by atoms with Crippen LogP contribution in [-0.2, 0) is 0 Å². The van der Waals surface area contributed by atoms with E-state index in [-0.39, 0.29) is 16.7 Å². The van der Waals surface area contributed by atoms with E-state index >= 15 is 0 Å². The van der Waals surface area contributed by atoms with Gasteiger partial charge in [-0.15, -0.1) is 0 Å². The van der Waals surface area contributed by atoms with Crippen LogP contribution >= 0.6 is 11.6 Å². The molecule has 0 atom stereocenters. The normalized spacial score (nSPS) is 10.3. The Morgan fingerprint density at radius 3 is 2.82 bits per heavy atom. The van der Waals surface area contributed by atoms with Gasteiger partial charge in [-0.05, 0) is 12.1 Å². The van der Waals surface area contributed by atoms with E-state index in [0.717, 1.165) is 4.57 Å². The highest BCUT2D eigenvalue weighted by Crippen LogP contribution is 2.21. The van der Waals surface area contributed by atoms with Gasteiger partial charge in [0.1, 0.15) is 17.8 Å². The number of hydrogen-bond acceptors (Lipinski definition) is 4. The Labute approximate surface area is 101 Å². The van der Waals surface area contributed by atoms with E-state index in [2.05, 4.69) is 15.3 Å². The molecule has 0 aliphatic rings. The number of aromatic nitrogens is 3. The Morgan fingerprint density at radius 2 is 2.24 bits per heavy atom. The molecule has 7 heteroatoms. The van der Waals surface area contributed by atoms with Crippen molar-refractivity contribution in [2.24, 2.45) is 0 Å². The third kappa shape index (κ3) is 2.12. The predicted octanol–water partition coefficient (Wildman–Crippen LogP) is 1.46. The lowest BCUT2D eigenvalue weighted by atomic mass is 10.3. The largest absolute Gasteiger partial charge is 0.357 e. The van der Waals surface area contributed by atoms with E-state index in [4.69, 9.17) is 11.6 Å². The van der Waals surface area contributed by atoms with Crippen molar-refractivity contribution in [3.05, 3.63) is 45.9 Å². The third-order valence-corrected chi connectivity index (χ3v) is 2.41. The summed E-state index contributed by atoms with van der Waals surface area (Å²) >= 11 is 5.84. The number of nitrogens with zero attached hydrogens (tertiary/aromatic N) is 3. The number of anilines is 1. The van der Waals surface area contributed by atoms with Crippen molar-refractivity contribution in [1.82, 2.24) is 14.5 Å². The lowest BCUT2D eigenvalue weighted by Crippen LogP contribution is -2.24. The Balaban J connectivity index is 2.65. The molecule has 2 aromatic rings. The first-order valence-corrected chi connectivity index (χ1v) is 5.09. The summed E-state index contributed by atoms with van der Waals surface area (Å²) in [5, 5.41) is 2.73. The van der Waals surface area contributed by atoms with Gasteiger partial charge in [0.15, 0.2) is 0 Å². The fourth-order valence-electron chi connectivity index (χ4n) is 1.33. The molecule has 0 aliphatic heterocycles. The van der Waals surface area contributed by atoms with Crippen molar-refractivity contribution >= 4 is 17.5 Å². The van der Waals surface area contributed by atoms with Crippen molar-refractivity contribution < 1.29 is 4.39 Å². The summed E-state index contributed by atoms with van der Waals surface area (Å²) in [6.07, 6.45) is 1.17. The van der Waals surface area contributed by atoms with E-state index < -0.39 is 11.5 Å². The highest BCUT2D eigenvalue weighted by molar-refractivity contribution is 6.32. The number of para-hydroxylation sites is 1. The van der Waals surface area contributed by atoms with Crippen LogP contribution in [0.1, 0.15) is 0 Å². The molecule has 0 radical (unpaired) electrons. The number of halogens is 2. The Hall–Kier alpha value is -1.95. The fourth-order valence-corrected chi connectivity index (χ4v) is 1.58. The van der Waals surface area contributed by atoms with Gasteiger partial charge in [0.05, 0.1) is 5.02 Å². The molecule has 1 aromatic carbocycles. The lowest BCUT2D eigenvalue weighted by Gasteiger charge is -2.07. The molecule has 0 saturated carbocycles. The van der Waals surface area contributed by atoms with Crippen molar-refractivity contribution in [1.29, 1.82) is 0 Å². The highest BCUT2D eigenvalue weighted by atomic mass is 35.5. The third-order valence-electron chi connectivity index (χ3n) is 2.11. The molecule has 0 bridgehead atoms. The van der Waals surface area contributed by atoms with Gasteiger partial charge in [-0.3, -0.25) is 0 Å². The van der Waals surface area contributed by atoms with Gasteiger partial charge in [-0.25, -0.2) is 18.7 Å². The summed E-state index contributed by atoms with van der Waals surface area (Å²) in [4.78, 5) is 19.1. The lowest BCUT2D eigenvalue weighted by molar-refractivity contribution is 0.613. The van der Waals surface area contributed by atoms with Gasteiger partial charge < -0.3 is 5.32 Å². The van der Waals surface area contributed by atoms with Crippen molar-refractivity contribution in [2.75, 3.05) is 12.4 Å². The first-order chi connectivity index (χ1) is 8.13. The van der Waals surface area contributed by atoms with Crippen LogP contribution in [0.15, 0.2) is 29.3 Å². The van der Waals surface area contributed by atoms with Crippen LogP contribution in [0.3, 0.4) is 0 Å². The van der Waals surface area contributed by atoms with Crippen LogP contribution in [0.4, 0.5) is 10.3 Å². The minimum atomic E-state index is -0.656. The molecule has 88 valence electrons. The summed E-state index contributed by atoms with van der Waals surface area (Å²) in [6.45, 7) is 0. The number of hydrogen-bond donors (Lipinski definition) is 1. The number of nitrogens with one attached hydrogen (secondary N) is 1. The zero-order valence-corrected chi connectivity index (χ0v) is 9.57. The molecule has 0 unspecified atom stereocenters. The summed E-state index contributed by atoms with van der Waals surface area (Å²) in [5.74, 6) is -0.445. The molecule has 1 N–H and O–H groups in total. The van der Waals surface area contributed by atoms with Crippen LogP contribution < -0.4 is 11.0 Å². The van der Waals surface area contributed by atoms with Crippen LogP contribution in [-0.4, -0.2) is 21.6 Å². The first-order valence-electron chi connectivity index (χ1n) is 4.71. The monoisotopic (exact) mass is 254 g/mol. The van der Waals surface area contributed by atoms with Gasteiger partial charge in [-0.1, -0.05) is 17.7 Å². The van der Waals surface area contributed by atoms with E-state index in [0.29, 0.717) is 0 Å². The molecular formula is C10H8ClFN4O. The SMILES string of the molecule is CNc1ncn(-c2c(F)cccc2Cl)c(=O)n1. The first kappa shape index (κ1) is 11.5. The maximum absolute atomic E-state index is 13.6. The zero-order chi connectivity index (χ0) is 12.4. The second kappa shape index (κ2) is 4.50. The van der Waals surface area contributed by atoms with E-state index in [1.807, 2.05) is 0 Å². The standard InChI is InChI=1S/C10H8ClFN4O/c1-13-9-14-5-16(10(17)15-9)8-6(11)3-2-4-7(8)12/h2-5H,1H3,(H,13,15,17). The van der Waals surface area contributed by atoms with Gasteiger partial charge in [0, 0.05) is 7.05 Å². The smallest absolute Gasteiger partial charge is 0.356 e. The minimum Gasteiger partial charge on any atom is -0.357 e. The average molecular weight is 255 g/mol.